The molecule has 0 unspecified atom stereocenters. The number of esters is 1. The van der Waals surface area contributed by atoms with Crippen molar-refractivity contribution in [2.24, 2.45) is 0 Å². The van der Waals surface area contributed by atoms with Crippen LogP contribution in [0.2, 0.25) is 0 Å². The molecule has 2 aromatic rings. The Labute approximate surface area is 183 Å². The van der Waals surface area contributed by atoms with Gasteiger partial charge in [-0.1, -0.05) is 77.0 Å². The van der Waals surface area contributed by atoms with Crippen LogP contribution in [0.3, 0.4) is 0 Å². The van der Waals surface area contributed by atoms with Crippen molar-refractivity contribution in [1.82, 2.24) is 4.98 Å². The van der Waals surface area contributed by atoms with Crippen LogP contribution in [0.15, 0.2) is 42.6 Å². The molecule has 0 bridgehead atoms. The number of hydrogen-bond donors (Lipinski definition) is 0. The summed E-state index contributed by atoms with van der Waals surface area (Å²) in [6.45, 7) is 6.42. The van der Waals surface area contributed by atoms with Gasteiger partial charge in [-0.25, -0.2) is 4.79 Å². The van der Waals surface area contributed by atoms with Crippen LogP contribution in [0, 0.1) is 0 Å². The zero-order valence-corrected chi connectivity index (χ0v) is 19.2. The van der Waals surface area contributed by atoms with E-state index in [4.69, 9.17) is 4.74 Å². The number of carbonyl (C=O) groups is 1. The number of pyridine rings is 1. The summed E-state index contributed by atoms with van der Waals surface area (Å²) in [5, 5.41) is 0. The second-order valence-corrected chi connectivity index (χ2v) is 8.36. The van der Waals surface area contributed by atoms with Gasteiger partial charge in [0.15, 0.2) is 0 Å². The largest absolute Gasteiger partial charge is 0.459 e. The van der Waals surface area contributed by atoms with Crippen LogP contribution in [-0.2, 0) is 11.2 Å². The highest BCUT2D eigenvalue weighted by molar-refractivity contribution is 5.90. The lowest BCUT2D eigenvalue weighted by atomic mass is 10.0. The third-order valence-corrected chi connectivity index (χ3v) is 5.58. The maximum Gasteiger partial charge on any atom is 0.338 e. The van der Waals surface area contributed by atoms with Crippen molar-refractivity contribution in [2.75, 3.05) is 0 Å². The molecule has 1 aromatic carbocycles. The predicted molar refractivity (Wildman–Crippen MR) is 126 cm³/mol. The number of nitrogens with zero attached hydrogens (tertiary/aromatic N) is 1. The van der Waals surface area contributed by atoms with E-state index in [-0.39, 0.29) is 12.1 Å². The van der Waals surface area contributed by atoms with Gasteiger partial charge in [0.1, 0.15) is 0 Å². The molecule has 30 heavy (non-hydrogen) atoms. The number of aryl methyl sites for hydroxylation is 1. The van der Waals surface area contributed by atoms with Gasteiger partial charge in [0.2, 0.25) is 0 Å². The fraction of sp³-hybridized carbons (Fsp3) is 0.556. The van der Waals surface area contributed by atoms with Gasteiger partial charge in [0.05, 0.1) is 17.4 Å². The summed E-state index contributed by atoms with van der Waals surface area (Å²) in [4.78, 5) is 17.0. The normalized spacial score (nSPS) is 12.0. The van der Waals surface area contributed by atoms with Crippen molar-refractivity contribution < 1.29 is 9.53 Å². The Morgan fingerprint density at radius 3 is 2.17 bits per heavy atom. The van der Waals surface area contributed by atoms with E-state index in [0.717, 1.165) is 30.5 Å². The first-order valence-electron chi connectivity index (χ1n) is 11.9. The maximum absolute atomic E-state index is 12.4. The molecular formula is C27H39NO2. The molecule has 1 heterocycles. The molecule has 164 valence electrons. The first-order valence-corrected chi connectivity index (χ1v) is 11.9. The molecule has 3 heteroatoms. The van der Waals surface area contributed by atoms with Crippen molar-refractivity contribution in [2.45, 2.75) is 97.5 Å². The maximum atomic E-state index is 12.4. The van der Waals surface area contributed by atoms with Gasteiger partial charge < -0.3 is 4.74 Å². The van der Waals surface area contributed by atoms with E-state index in [1.165, 1.54) is 56.9 Å². The second-order valence-electron chi connectivity index (χ2n) is 8.36. The summed E-state index contributed by atoms with van der Waals surface area (Å²) in [5.74, 6) is -0.240. The Morgan fingerprint density at radius 2 is 1.53 bits per heavy atom. The van der Waals surface area contributed by atoms with E-state index in [1.807, 2.05) is 37.4 Å². The molecule has 3 nitrogen and oxygen atoms in total. The first kappa shape index (κ1) is 24.1. The fourth-order valence-electron chi connectivity index (χ4n) is 3.62. The Hall–Kier alpha value is -2.16. The highest BCUT2D eigenvalue weighted by Gasteiger charge is 2.12. The third kappa shape index (κ3) is 8.69. The van der Waals surface area contributed by atoms with Crippen LogP contribution in [0.25, 0.3) is 11.3 Å². The Morgan fingerprint density at radius 1 is 0.867 bits per heavy atom. The molecule has 0 aliphatic rings. The van der Waals surface area contributed by atoms with E-state index in [0.29, 0.717) is 5.56 Å². The zero-order chi connectivity index (χ0) is 21.6. The lowest BCUT2D eigenvalue weighted by molar-refractivity contribution is 0.0319. The minimum Gasteiger partial charge on any atom is -0.459 e. The molecule has 0 radical (unpaired) electrons. The van der Waals surface area contributed by atoms with Gasteiger partial charge in [-0.2, -0.15) is 0 Å². The third-order valence-electron chi connectivity index (χ3n) is 5.58. The minimum atomic E-state index is -0.240. The topological polar surface area (TPSA) is 39.2 Å². The number of aromatic nitrogens is 1. The Balaban J connectivity index is 1.82. The molecule has 2 rings (SSSR count). The Kier molecular flexibility index (Phi) is 11.2. The Bertz CT molecular complexity index is 722. The van der Waals surface area contributed by atoms with E-state index < -0.39 is 0 Å². The zero-order valence-electron chi connectivity index (χ0n) is 19.2. The highest BCUT2D eigenvalue weighted by Crippen LogP contribution is 2.20. The van der Waals surface area contributed by atoms with Gasteiger partial charge >= 0.3 is 5.97 Å². The van der Waals surface area contributed by atoms with Crippen LogP contribution in [0.1, 0.15) is 101 Å². The van der Waals surface area contributed by atoms with Crippen molar-refractivity contribution in [1.29, 1.82) is 0 Å². The molecular weight excluding hydrogens is 370 g/mol. The van der Waals surface area contributed by atoms with E-state index >= 15 is 0 Å². The average Bonchev–Trinajstić information content (AvgIpc) is 2.77. The van der Waals surface area contributed by atoms with Crippen molar-refractivity contribution in [3.8, 4) is 11.3 Å². The van der Waals surface area contributed by atoms with Crippen molar-refractivity contribution in [3.63, 3.8) is 0 Å². The summed E-state index contributed by atoms with van der Waals surface area (Å²) in [6, 6.07) is 11.8. The summed E-state index contributed by atoms with van der Waals surface area (Å²) < 4.78 is 5.59. The molecule has 0 saturated carbocycles. The summed E-state index contributed by atoms with van der Waals surface area (Å²) in [7, 11) is 0. The van der Waals surface area contributed by atoms with Crippen LogP contribution < -0.4 is 0 Å². The first-order chi connectivity index (χ1) is 14.6. The van der Waals surface area contributed by atoms with Crippen LogP contribution in [0.5, 0.6) is 0 Å². The van der Waals surface area contributed by atoms with Gasteiger partial charge in [-0.3, -0.25) is 4.98 Å². The molecule has 0 amide bonds. The van der Waals surface area contributed by atoms with Crippen LogP contribution in [-0.4, -0.2) is 17.1 Å². The van der Waals surface area contributed by atoms with Gasteiger partial charge in [-0.15, -0.1) is 0 Å². The van der Waals surface area contributed by atoms with Crippen LogP contribution in [0.4, 0.5) is 0 Å². The SMILES string of the molecule is CCCCCCCc1ccc(-c2ccc(C(=O)O[C@@H](C)CCCCCC)cc2)nc1. The number of ether oxygens (including phenoxy) is 1. The van der Waals surface area contributed by atoms with E-state index in [2.05, 4.69) is 31.0 Å². The quantitative estimate of drug-likeness (QED) is 0.236. The van der Waals surface area contributed by atoms with Crippen molar-refractivity contribution >= 4 is 5.97 Å². The molecule has 0 spiro atoms. The molecule has 0 fully saturated rings. The van der Waals surface area contributed by atoms with Gasteiger partial charge in [0.25, 0.3) is 0 Å². The summed E-state index contributed by atoms with van der Waals surface area (Å²) in [5.41, 5.74) is 3.86. The fourth-order valence-corrected chi connectivity index (χ4v) is 3.62. The van der Waals surface area contributed by atoms with Crippen molar-refractivity contribution in [3.05, 3.63) is 53.7 Å². The lowest BCUT2D eigenvalue weighted by Crippen LogP contribution is -2.15. The summed E-state index contributed by atoms with van der Waals surface area (Å²) >= 11 is 0. The average molecular weight is 410 g/mol. The molecule has 0 saturated heterocycles. The lowest BCUT2D eigenvalue weighted by Gasteiger charge is -2.13. The number of carbonyl (C=O) groups excluding carboxylic acids is 1. The summed E-state index contributed by atoms with van der Waals surface area (Å²) in [6.07, 6.45) is 15.2. The number of rotatable bonds is 14. The molecule has 0 N–H and O–H groups in total. The van der Waals surface area contributed by atoms with Gasteiger partial charge in [0, 0.05) is 11.8 Å². The molecule has 0 aliphatic heterocycles. The monoisotopic (exact) mass is 409 g/mol. The smallest absolute Gasteiger partial charge is 0.338 e. The predicted octanol–water partition coefficient (Wildman–Crippen LogP) is 7.78. The number of benzene rings is 1. The van der Waals surface area contributed by atoms with Gasteiger partial charge in [-0.05, 0) is 56.4 Å². The van der Waals surface area contributed by atoms with E-state index in [9.17, 15) is 4.79 Å². The van der Waals surface area contributed by atoms with Crippen LogP contribution >= 0.6 is 0 Å². The number of unbranched alkanes of at least 4 members (excludes halogenated alkanes) is 7. The second kappa shape index (κ2) is 14.0. The minimum absolute atomic E-state index is 0.0368. The highest BCUT2D eigenvalue weighted by atomic mass is 16.5. The van der Waals surface area contributed by atoms with E-state index in [1.54, 1.807) is 0 Å². The standard InChI is InChI=1S/C27H39NO2/c1-4-6-8-10-12-14-23-15-20-26(28-21-23)24-16-18-25(19-17-24)27(29)30-22(3)13-11-9-7-5-2/h15-22H,4-14H2,1-3H3/t22-/m0/s1. The molecule has 1 atom stereocenters. The number of hydrogen-bond acceptors (Lipinski definition) is 3. The molecule has 1 aromatic heterocycles. The molecule has 0 aliphatic carbocycles.